The van der Waals surface area contributed by atoms with E-state index in [1.54, 1.807) is 0 Å². The van der Waals surface area contributed by atoms with Gasteiger partial charge in [0.2, 0.25) is 0 Å². The van der Waals surface area contributed by atoms with E-state index in [1.807, 2.05) is 60.7 Å². The Labute approximate surface area is 401 Å². The zero-order valence-corrected chi connectivity index (χ0v) is 37.5. The van der Waals surface area contributed by atoms with Crippen molar-refractivity contribution >= 4 is 17.1 Å². The zero-order valence-electron chi connectivity index (χ0n) is 37.5. The molecule has 2 heterocycles. The molecule has 2 aliphatic carbocycles. The maximum Gasteiger partial charge on any atom is 0.164 e. The highest BCUT2D eigenvalue weighted by Gasteiger charge is 2.58. The summed E-state index contributed by atoms with van der Waals surface area (Å²) in [6.45, 7) is 0. The van der Waals surface area contributed by atoms with E-state index in [4.69, 9.17) is 15.0 Å². The first-order valence-electron chi connectivity index (χ1n) is 23.7. The molecule has 69 heavy (non-hydrogen) atoms. The van der Waals surface area contributed by atoms with Crippen LogP contribution < -0.4 is 4.90 Å². The van der Waals surface area contributed by atoms with E-state index in [0.29, 0.717) is 17.5 Å². The molecule has 0 unspecified atom stereocenters. The van der Waals surface area contributed by atoms with E-state index < -0.39 is 10.8 Å². The molecule has 0 saturated heterocycles. The highest BCUT2D eigenvalue weighted by atomic mass is 15.2. The SMILES string of the molecule is c1ccc(-c2nc(-c3ccccc3)nc(-c3ccc(-c4ccc5c(c4)C4(c6ccccc6N5c5ccccc5)c5ccccc5C5(c6ccccc6-c6ccccc65)c5ccccc54)cc3)n2)cc1. The van der Waals surface area contributed by atoms with Crippen molar-refractivity contribution in [3.05, 3.63) is 299 Å². The predicted octanol–water partition coefficient (Wildman–Crippen LogP) is 15.4. The fourth-order valence-electron chi connectivity index (χ4n) is 12.0. The summed E-state index contributed by atoms with van der Waals surface area (Å²) in [4.78, 5) is 17.5. The van der Waals surface area contributed by atoms with Crippen LogP contribution >= 0.6 is 0 Å². The molecule has 0 saturated carbocycles. The number of rotatable bonds is 5. The van der Waals surface area contributed by atoms with Crippen LogP contribution in [0.2, 0.25) is 0 Å². The Bertz CT molecular complexity index is 3640. The van der Waals surface area contributed by atoms with Crippen molar-refractivity contribution in [2.24, 2.45) is 0 Å². The molecule has 0 amide bonds. The molecule has 0 N–H and O–H groups in total. The van der Waals surface area contributed by atoms with Gasteiger partial charge in [0.05, 0.1) is 22.2 Å². The summed E-state index contributed by atoms with van der Waals surface area (Å²) in [6.07, 6.45) is 0. The number of para-hydroxylation sites is 2. The summed E-state index contributed by atoms with van der Waals surface area (Å²) in [5.74, 6) is 1.92. The smallest absolute Gasteiger partial charge is 0.164 e. The van der Waals surface area contributed by atoms with E-state index in [1.165, 1.54) is 61.3 Å². The van der Waals surface area contributed by atoms with Gasteiger partial charge in [-0.2, -0.15) is 0 Å². The van der Waals surface area contributed by atoms with Crippen LogP contribution in [0.4, 0.5) is 17.1 Å². The number of nitrogens with zero attached hydrogens (tertiary/aromatic N) is 4. The minimum absolute atomic E-state index is 0.527. The summed E-state index contributed by atoms with van der Waals surface area (Å²) < 4.78 is 0. The van der Waals surface area contributed by atoms with Gasteiger partial charge in [-0.15, -0.1) is 0 Å². The van der Waals surface area contributed by atoms with Gasteiger partial charge in [0.25, 0.3) is 0 Å². The lowest BCUT2D eigenvalue weighted by Crippen LogP contribution is -2.47. The molecular formula is C65H42N4. The third-order valence-electron chi connectivity index (χ3n) is 14.8. The molecule has 4 nitrogen and oxygen atoms in total. The number of benzene rings is 10. The van der Waals surface area contributed by atoms with Crippen LogP contribution in [0.1, 0.15) is 44.5 Å². The van der Waals surface area contributed by atoms with Crippen LogP contribution in [0.3, 0.4) is 0 Å². The number of hydrogen-bond acceptors (Lipinski definition) is 4. The summed E-state index contributed by atoms with van der Waals surface area (Å²) in [6, 6.07) is 92.9. The van der Waals surface area contributed by atoms with Crippen molar-refractivity contribution in [1.29, 1.82) is 0 Å². The van der Waals surface area contributed by atoms with Crippen LogP contribution in [0.25, 0.3) is 56.4 Å². The fraction of sp³-hybridized carbons (Fsp3) is 0.0308. The second-order valence-corrected chi connectivity index (χ2v) is 18.2. The second-order valence-electron chi connectivity index (χ2n) is 18.2. The molecule has 10 aromatic carbocycles. The Hall–Kier alpha value is -8.99. The van der Waals surface area contributed by atoms with Gasteiger partial charge in [-0.3, -0.25) is 0 Å². The van der Waals surface area contributed by atoms with Crippen molar-refractivity contribution in [2.75, 3.05) is 4.90 Å². The molecule has 4 heteroatoms. The molecule has 0 fully saturated rings. The summed E-state index contributed by atoms with van der Waals surface area (Å²) in [7, 11) is 0. The Morgan fingerprint density at radius 2 is 0.594 bits per heavy atom. The Balaban J connectivity index is 1.01. The minimum atomic E-state index is -0.690. The standard InChI is InChI=1S/C65H42N4/c1-4-20-44(21-5-1)61-66-62(45-22-6-2-7-23-45)68-63(67-61)46-38-36-43(37-39-46)47-40-41-60-58(42-47)65(57-34-18-19-35-59(57)69(60)48-24-8-3-9-25-48)55-32-16-14-30-53(55)64(54-31-15-17-33-56(54)65)51-28-12-10-26-49(51)50-27-11-13-29-52(50)64/h1-42H. The van der Waals surface area contributed by atoms with Crippen LogP contribution in [-0.4, -0.2) is 15.0 Å². The molecule has 0 radical (unpaired) electrons. The van der Waals surface area contributed by atoms with E-state index in [-0.39, 0.29) is 0 Å². The Morgan fingerprint density at radius 1 is 0.246 bits per heavy atom. The maximum atomic E-state index is 5.05. The van der Waals surface area contributed by atoms with Crippen molar-refractivity contribution in [3.8, 4) is 56.4 Å². The third kappa shape index (κ3) is 5.60. The van der Waals surface area contributed by atoms with E-state index in [0.717, 1.165) is 39.2 Å². The second kappa shape index (κ2) is 15.3. The largest absolute Gasteiger partial charge is 0.310 e. The predicted molar refractivity (Wildman–Crippen MR) is 279 cm³/mol. The van der Waals surface area contributed by atoms with Gasteiger partial charge in [0, 0.05) is 22.4 Å². The fourth-order valence-corrected chi connectivity index (χ4v) is 12.0. The molecule has 1 aliphatic heterocycles. The molecule has 3 aliphatic rings. The summed E-state index contributed by atoms with van der Waals surface area (Å²) >= 11 is 0. The first-order chi connectivity index (χ1) is 34.2. The average molecular weight is 879 g/mol. The Kier molecular flexibility index (Phi) is 8.68. The third-order valence-corrected chi connectivity index (χ3v) is 14.8. The summed E-state index contributed by atoms with van der Waals surface area (Å²) in [5, 5.41) is 0. The van der Waals surface area contributed by atoms with E-state index in [2.05, 4.69) is 199 Å². The van der Waals surface area contributed by atoms with Gasteiger partial charge < -0.3 is 4.90 Å². The van der Waals surface area contributed by atoms with Crippen molar-refractivity contribution in [3.63, 3.8) is 0 Å². The number of hydrogen-bond donors (Lipinski definition) is 0. The van der Waals surface area contributed by atoms with Crippen LogP contribution in [0, 0.1) is 0 Å². The first kappa shape index (κ1) is 39.2. The molecule has 11 aromatic rings. The molecule has 1 aromatic heterocycles. The highest BCUT2D eigenvalue weighted by Crippen LogP contribution is 2.67. The molecule has 322 valence electrons. The maximum absolute atomic E-state index is 5.05. The number of anilines is 3. The minimum Gasteiger partial charge on any atom is -0.310 e. The zero-order chi connectivity index (χ0) is 45.5. The van der Waals surface area contributed by atoms with Gasteiger partial charge >= 0.3 is 0 Å². The van der Waals surface area contributed by atoms with E-state index >= 15 is 0 Å². The lowest BCUT2D eigenvalue weighted by Gasteiger charge is -2.53. The van der Waals surface area contributed by atoms with Gasteiger partial charge in [-0.25, -0.2) is 15.0 Å². The van der Waals surface area contributed by atoms with Crippen molar-refractivity contribution in [1.82, 2.24) is 15.0 Å². The van der Waals surface area contributed by atoms with E-state index in [9.17, 15) is 0 Å². The van der Waals surface area contributed by atoms with Gasteiger partial charge in [-0.05, 0) is 97.1 Å². The monoisotopic (exact) mass is 878 g/mol. The topological polar surface area (TPSA) is 41.9 Å². The number of fused-ring (bicyclic) bond motifs is 15. The molecule has 0 atom stereocenters. The molecule has 0 bridgehead atoms. The van der Waals surface area contributed by atoms with Gasteiger partial charge in [0.1, 0.15) is 0 Å². The summed E-state index contributed by atoms with van der Waals surface area (Å²) in [5.41, 5.74) is 20.2. The lowest BCUT2D eigenvalue weighted by molar-refractivity contribution is 0.619. The van der Waals surface area contributed by atoms with Gasteiger partial charge in [-0.1, -0.05) is 224 Å². The molecule has 14 rings (SSSR count). The number of aromatic nitrogens is 3. The van der Waals surface area contributed by atoms with Crippen molar-refractivity contribution in [2.45, 2.75) is 10.8 Å². The van der Waals surface area contributed by atoms with Crippen LogP contribution in [0.15, 0.2) is 255 Å². The normalized spacial score (nSPS) is 14.0. The quantitative estimate of drug-likeness (QED) is 0.173. The molecule has 2 spiro atoms. The first-order valence-corrected chi connectivity index (χ1v) is 23.7. The Morgan fingerprint density at radius 3 is 1.10 bits per heavy atom. The van der Waals surface area contributed by atoms with Gasteiger partial charge in [0.15, 0.2) is 17.5 Å². The van der Waals surface area contributed by atoms with Crippen molar-refractivity contribution < 1.29 is 0 Å². The average Bonchev–Trinajstić information content (AvgIpc) is 3.73. The lowest BCUT2D eigenvalue weighted by atomic mass is 9.50. The van der Waals surface area contributed by atoms with Crippen LogP contribution in [-0.2, 0) is 10.8 Å². The molecular weight excluding hydrogens is 837 g/mol. The highest BCUT2D eigenvalue weighted by molar-refractivity contribution is 5.95. The van der Waals surface area contributed by atoms with Crippen LogP contribution in [0.5, 0.6) is 0 Å².